The van der Waals surface area contributed by atoms with E-state index >= 15 is 0 Å². The molecule has 0 amide bonds. The van der Waals surface area contributed by atoms with Crippen LogP contribution in [0.5, 0.6) is 0 Å². The Balaban J connectivity index is 2.76. The van der Waals surface area contributed by atoms with Crippen LogP contribution in [0.15, 0.2) is 0 Å². The molecule has 5 nitrogen and oxygen atoms in total. The molecule has 2 atom stereocenters. The van der Waals surface area contributed by atoms with E-state index < -0.39 is 11.4 Å². The Morgan fingerprint density at radius 2 is 1.73 bits per heavy atom. The number of thioether (sulfide) groups is 1. The standard InChI is InChI=1S/C9H15NO4S/c1-9(2)5(7(11)13-3)10-6(15-9)8(12)14-4/h5-6,10H,1-4H3/t5?,6-/m1/s1. The number of hydrogen-bond acceptors (Lipinski definition) is 6. The van der Waals surface area contributed by atoms with Gasteiger partial charge in [0.2, 0.25) is 0 Å². The van der Waals surface area contributed by atoms with Crippen molar-refractivity contribution in [3.63, 3.8) is 0 Å². The molecule has 86 valence electrons. The minimum atomic E-state index is -0.505. The van der Waals surface area contributed by atoms with Crippen LogP contribution in [-0.2, 0) is 19.1 Å². The largest absolute Gasteiger partial charge is 0.468 e. The summed E-state index contributed by atoms with van der Waals surface area (Å²) >= 11 is 1.37. The van der Waals surface area contributed by atoms with Crippen molar-refractivity contribution in [2.24, 2.45) is 0 Å². The molecule has 1 saturated heterocycles. The lowest BCUT2D eigenvalue weighted by atomic mass is 10.0. The van der Waals surface area contributed by atoms with E-state index in [0.717, 1.165) is 0 Å². The SMILES string of the molecule is COC(=O)C1N[C@@H](C(=O)OC)SC1(C)C. The van der Waals surface area contributed by atoms with Crippen molar-refractivity contribution in [2.45, 2.75) is 30.0 Å². The zero-order valence-corrected chi connectivity index (χ0v) is 10.0. The molecule has 0 bridgehead atoms. The van der Waals surface area contributed by atoms with Crippen LogP contribution in [0, 0.1) is 0 Å². The topological polar surface area (TPSA) is 64.6 Å². The Hall–Kier alpha value is -0.750. The first-order chi connectivity index (χ1) is 6.92. The lowest BCUT2D eigenvalue weighted by Crippen LogP contribution is -2.46. The molecule has 6 heteroatoms. The van der Waals surface area contributed by atoms with Gasteiger partial charge in [0.05, 0.1) is 14.2 Å². The highest BCUT2D eigenvalue weighted by Gasteiger charge is 2.48. The molecule has 0 spiro atoms. The van der Waals surface area contributed by atoms with E-state index in [2.05, 4.69) is 14.8 Å². The van der Waals surface area contributed by atoms with E-state index in [-0.39, 0.29) is 16.7 Å². The Morgan fingerprint density at radius 3 is 2.20 bits per heavy atom. The molecule has 1 aliphatic heterocycles. The number of carbonyl (C=O) groups is 2. The lowest BCUT2D eigenvalue weighted by molar-refractivity contribution is -0.144. The molecule has 1 heterocycles. The van der Waals surface area contributed by atoms with Crippen LogP contribution in [0.25, 0.3) is 0 Å². The summed E-state index contributed by atoms with van der Waals surface area (Å²) < 4.78 is 8.90. The lowest BCUT2D eigenvalue weighted by Gasteiger charge is -2.22. The Bertz CT molecular complexity index is 279. The molecule has 1 fully saturated rings. The number of carbonyl (C=O) groups excluding carboxylic acids is 2. The zero-order valence-electron chi connectivity index (χ0n) is 9.20. The van der Waals surface area contributed by atoms with Gasteiger partial charge in [-0.05, 0) is 13.8 Å². The average molecular weight is 233 g/mol. The molecule has 0 saturated carbocycles. The van der Waals surface area contributed by atoms with Crippen molar-refractivity contribution in [3.8, 4) is 0 Å². The van der Waals surface area contributed by atoms with Crippen molar-refractivity contribution in [3.05, 3.63) is 0 Å². The van der Waals surface area contributed by atoms with Crippen molar-refractivity contribution >= 4 is 23.7 Å². The number of rotatable bonds is 2. The Morgan fingerprint density at radius 1 is 1.20 bits per heavy atom. The van der Waals surface area contributed by atoms with Gasteiger partial charge in [-0.2, -0.15) is 0 Å². The van der Waals surface area contributed by atoms with Gasteiger partial charge >= 0.3 is 11.9 Å². The number of nitrogens with one attached hydrogen (secondary N) is 1. The maximum absolute atomic E-state index is 11.4. The van der Waals surface area contributed by atoms with E-state index in [1.54, 1.807) is 0 Å². The summed E-state index contributed by atoms with van der Waals surface area (Å²) in [4.78, 5) is 22.7. The summed E-state index contributed by atoms with van der Waals surface area (Å²) in [7, 11) is 2.65. The minimum absolute atomic E-state index is 0.362. The average Bonchev–Trinajstić information content (AvgIpc) is 2.52. The van der Waals surface area contributed by atoms with E-state index in [9.17, 15) is 9.59 Å². The van der Waals surface area contributed by atoms with E-state index in [1.165, 1.54) is 26.0 Å². The van der Waals surface area contributed by atoms with Crippen LogP contribution >= 0.6 is 11.8 Å². The first-order valence-corrected chi connectivity index (χ1v) is 5.40. The van der Waals surface area contributed by atoms with E-state index in [0.29, 0.717) is 0 Å². The monoisotopic (exact) mass is 233 g/mol. The third-order valence-corrected chi connectivity index (χ3v) is 3.69. The summed E-state index contributed by atoms with van der Waals surface area (Å²) in [6, 6.07) is -0.489. The molecule has 0 aliphatic carbocycles. The maximum atomic E-state index is 11.4. The quantitative estimate of drug-likeness (QED) is 0.685. The zero-order chi connectivity index (χ0) is 11.6. The van der Waals surface area contributed by atoms with Crippen LogP contribution in [-0.4, -0.2) is 42.3 Å². The summed E-state index contributed by atoms with van der Waals surface area (Å²) in [6.07, 6.45) is 0. The molecule has 1 unspecified atom stereocenters. The predicted molar refractivity (Wildman–Crippen MR) is 56.4 cm³/mol. The van der Waals surface area contributed by atoms with E-state index in [4.69, 9.17) is 0 Å². The van der Waals surface area contributed by atoms with Crippen LogP contribution in [0.2, 0.25) is 0 Å². The second kappa shape index (κ2) is 4.40. The van der Waals surface area contributed by atoms with Gasteiger partial charge in [-0.1, -0.05) is 0 Å². The molecule has 1 N–H and O–H groups in total. The minimum Gasteiger partial charge on any atom is -0.468 e. The predicted octanol–water partition coefficient (Wildman–Crippen LogP) is 0.142. The second-order valence-electron chi connectivity index (χ2n) is 3.75. The molecule has 1 rings (SSSR count). The van der Waals surface area contributed by atoms with Crippen LogP contribution in [0.3, 0.4) is 0 Å². The highest BCUT2D eigenvalue weighted by Crippen LogP contribution is 2.38. The molecule has 15 heavy (non-hydrogen) atoms. The fraction of sp³-hybridized carbons (Fsp3) is 0.778. The van der Waals surface area contributed by atoms with Gasteiger partial charge in [-0.25, -0.2) is 4.79 Å². The number of methoxy groups -OCH3 is 2. The summed E-state index contributed by atoms with van der Waals surface area (Å²) in [5.74, 6) is -0.738. The molecule has 0 radical (unpaired) electrons. The van der Waals surface area contributed by atoms with Crippen LogP contribution < -0.4 is 5.32 Å². The number of hydrogen-bond donors (Lipinski definition) is 1. The first kappa shape index (κ1) is 12.3. The van der Waals surface area contributed by atoms with Gasteiger partial charge in [0.15, 0.2) is 5.37 Å². The third kappa shape index (κ3) is 2.43. The summed E-state index contributed by atoms with van der Waals surface area (Å²) in [5, 5.41) is 2.39. The second-order valence-corrected chi connectivity index (χ2v) is 5.51. The van der Waals surface area contributed by atoms with Crippen molar-refractivity contribution in [1.29, 1.82) is 0 Å². The molecule has 1 aliphatic rings. The van der Waals surface area contributed by atoms with E-state index in [1.807, 2.05) is 13.8 Å². The summed E-state index contributed by atoms with van der Waals surface area (Å²) in [5.41, 5.74) is 0. The third-order valence-electron chi connectivity index (χ3n) is 2.29. The first-order valence-electron chi connectivity index (χ1n) is 4.52. The van der Waals surface area contributed by atoms with Gasteiger partial charge in [0.1, 0.15) is 6.04 Å². The maximum Gasteiger partial charge on any atom is 0.333 e. The molecule has 0 aromatic carbocycles. The number of ether oxygens (including phenoxy) is 2. The molecule has 0 aromatic rings. The Kier molecular flexibility index (Phi) is 3.62. The van der Waals surface area contributed by atoms with Gasteiger partial charge in [0, 0.05) is 4.75 Å². The van der Waals surface area contributed by atoms with Crippen LogP contribution in [0.4, 0.5) is 0 Å². The highest BCUT2D eigenvalue weighted by atomic mass is 32.2. The van der Waals surface area contributed by atoms with Gasteiger partial charge in [0.25, 0.3) is 0 Å². The molecular weight excluding hydrogens is 218 g/mol. The smallest absolute Gasteiger partial charge is 0.333 e. The van der Waals surface area contributed by atoms with Crippen molar-refractivity contribution in [2.75, 3.05) is 14.2 Å². The fourth-order valence-electron chi connectivity index (χ4n) is 1.45. The van der Waals surface area contributed by atoms with Crippen molar-refractivity contribution in [1.82, 2.24) is 5.32 Å². The van der Waals surface area contributed by atoms with Gasteiger partial charge in [-0.3, -0.25) is 10.1 Å². The van der Waals surface area contributed by atoms with Gasteiger partial charge < -0.3 is 9.47 Å². The summed E-state index contributed by atoms with van der Waals surface area (Å²) in [6.45, 7) is 3.77. The molecular formula is C9H15NO4S. The molecule has 0 aromatic heterocycles. The van der Waals surface area contributed by atoms with Crippen molar-refractivity contribution < 1.29 is 19.1 Å². The normalized spacial score (nSPS) is 28.5. The van der Waals surface area contributed by atoms with Gasteiger partial charge in [-0.15, -0.1) is 11.8 Å². The fourth-order valence-corrected chi connectivity index (χ4v) is 2.76. The van der Waals surface area contributed by atoms with Crippen LogP contribution in [0.1, 0.15) is 13.8 Å². The Labute approximate surface area is 92.9 Å². The number of esters is 2. The highest BCUT2D eigenvalue weighted by molar-refractivity contribution is 8.02.